The molecule has 0 bridgehead atoms. The zero-order valence-corrected chi connectivity index (χ0v) is 11.8. The predicted octanol–water partition coefficient (Wildman–Crippen LogP) is 2.28. The van der Waals surface area contributed by atoms with Gasteiger partial charge in [0.2, 0.25) is 0 Å². The average Bonchev–Trinajstić information content (AvgIpc) is 2.65. The van der Waals surface area contributed by atoms with E-state index in [1.807, 2.05) is 48.9 Å². The maximum absolute atomic E-state index is 11.2. The molecule has 0 atom stereocenters. The third-order valence-electron chi connectivity index (χ3n) is 2.94. The Morgan fingerprint density at radius 3 is 2.58 bits per heavy atom. The van der Waals surface area contributed by atoms with Crippen molar-refractivity contribution in [2.24, 2.45) is 5.73 Å². The molecule has 6 heteroatoms. The highest BCUT2D eigenvalue weighted by Crippen LogP contribution is 2.26. The summed E-state index contributed by atoms with van der Waals surface area (Å²) >= 11 is 4.10. The Morgan fingerprint density at radius 1 is 1.37 bits per heavy atom. The van der Waals surface area contributed by atoms with Gasteiger partial charge in [-0.15, -0.1) is 0 Å². The van der Waals surface area contributed by atoms with E-state index in [-0.39, 0.29) is 0 Å². The Hall–Kier alpha value is -1.95. The first-order valence-corrected chi connectivity index (χ1v) is 6.27. The zero-order chi connectivity index (χ0) is 14.0. The summed E-state index contributed by atoms with van der Waals surface area (Å²) < 4.78 is 2.96. The van der Waals surface area contributed by atoms with Crippen LogP contribution in [0.1, 0.15) is 17.0 Å². The quantitative estimate of drug-likeness (QED) is 0.845. The van der Waals surface area contributed by atoms with Crippen molar-refractivity contribution in [3.8, 4) is 0 Å². The molecule has 0 aliphatic heterocycles. The number of thiol groups is 1. The molecule has 1 aromatic carbocycles. The van der Waals surface area contributed by atoms with Crippen LogP contribution in [0.2, 0.25) is 0 Å². The van der Waals surface area contributed by atoms with E-state index in [0.717, 1.165) is 21.3 Å². The Morgan fingerprint density at radius 2 is 2.00 bits per heavy atom. The SMILES string of the molecule is Cc1nn(Cc2ccccc2)c(C)c1N(S)C(N)=O. The third kappa shape index (κ3) is 2.73. The number of carbonyl (C=O) groups excluding carboxylic acids is 1. The van der Waals surface area contributed by atoms with Crippen LogP contribution < -0.4 is 10.0 Å². The molecule has 1 aromatic heterocycles. The molecule has 0 aliphatic carbocycles. The van der Waals surface area contributed by atoms with E-state index in [9.17, 15) is 4.79 Å². The second kappa shape index (κ2) is 5.36. The van der Waals surface area contributed by atoms with Crippen LogP contribution in [-0.4, -0.2) is 15.8 Å². The van der Waals surface area contributed by atoms with Crippen LogP contribution in [0.15, 0.2) is 30.3 Å². The minimum Gasteiger partial charge on any atom is -0.350 e. The second-order valence-electron chi connectivity index (χ2n) is 4.31. The fraction of sp³-hybridized carbons (Fsp3) is 0.231. The monoisotopic (exact) mass is 276 g/mol. The fourth-order valence-corrected chi connectivity index (χ4v) is 2.30. The minimum absolute atomic E-state index is 0.617. The van der Waals surface area contributed by atoms with E-state index in [2.05, 4.69) is 17.9 Å². The number of carbonyl (C=O) groups is 1. The smallest absolute Gasteiger partial charge is 0.329 e. The molecule has 0 radical (unpaired) electrons. The van der Waals surface area contributed by atoms with Gasteiger partial charge in [-0.05, 0) is 19.4 Å². The number of amides is 2. The van der Waals surface area contributed by atoms with Crippen LogP contribution in [0.4, 0.5) is 10.5 Å². The molecular weight excluding hydrogens is 260 g/mol. The number of aromatic nitrogens is 2. The molecule has 100 valence electrons. The highest BCUT2D eigenvalue weighted by Gasteiger charge is 2.19. The maximum atomic E-state index is 11.2. The van der Waals surface area contributed by atoms with Crippen molar-refractivity contribution in [2.45, 2.75) is 20.4 Å². The van der Waals surface area contributed by atoms with Crippen molar-refractivity contribution in [2.75, 3.05) is 4.31 Å². The van der Waals surface area contributed by atoms with Crippen molar-refractivity contribution in [3.05, 3.63) is 47.3 Å². The van der Waals surface area contributed by atoms with E-state index in [4.69, 9.17) is 5.73 Å². The number of primary amides is 1. The van der Waals surface area contributed by atoms with E-state index in [1.54, 1.807) is 0 Å². The average molecular weight is 276 g/mol. The summed E-state index contributed by atoms with van der Waals surface area (Å²) in [5.41, 5.74) is 8.61. The summed E-state index contributed by atoms with van der Waals surface area (Å²) in [6, 6.07) is 9.38. The van der Waals surface area contributed by atoms with Gasteiger partial charge < -0.3 is 5.73 Å². The summed E-state index contributed by atoms with van der Waals surface area (Å²) in [6.07, 6.45) is 0. The summed E-state index contributed by atoms with van der Waals surface area (Å²) in [4.78, 5) is 11.2. The Bertz CT molecular complexity index is 594. The molecule has 0 saturated heterocycles. The van der Waals surface area contributed by atoms with Crippen LogP contribution in [-0.2, 0) is 6.54 Å². The lowest BCUT2D eigenvalue weighted by atomic mass is 10.2. The number of rotatable bonds is 3. The summed E-state index contributed by atoms with van der Waals surface area (Å²) in [7, 11) is 0. The first kappa shape index (κ1) is 13.5. The largest absolute Gasteiger partial charge is 0.350 e. The van der Waals surface area contributed by atoms with Crippen LogP contribution in [0, 0.1) is 13.8 Å². The van der Waals surface area contributed by atoms with Crippen molar-refractivity contribution in [1.82, 2.24) is 9.78 Å². The first-order valence-electron chi connectivity index (χ1n) is 5.87. The number of nitrogens with zero attached hydrogens (tertiary/aromatic N) is 3. The van der Waals surface area contributed by atoms with Gasteiger partial charge in [0, 0.05) is 0 Å². The van der Waals surface area contributed by atoms with Crippen LogP contribution >= 0.6 is 12.8 Å². The lowest BCUT2D eigenvalue weighted by Gasteiger charge is -2.13. The van der Waals surface area contributed by atoms with Crippen molar-refractivity contribution < 1.29 is 4.79 Å². The van der Waals surface area contributed by atoms with E-state index >= 15 is 0 Å². The number of hydrogen-bond donors (Lipinski definition) is 2. The van der Waals surface area contributed by atoms with Gasteiger partial charge in [0.25, 0.3) is 0 Å². The van der Waals surface area contributed by atoms with Gasteiger partial charge in [-0.2, -0.15) is 5.10 Å². The van der Waals surface area contributed by atoms with Gasteiger partial charge in [-0.1, -0.05) is 43.1 Å². The maximum Gasteiger partial charge on any atom is 0.329 e. The highest BCUT2D eigenvalue weighted by molar-refractivity contribution is 7.82. The normalized spacial score (nSPS) is 10.5. The number of hydrogen-bond acceptors (Lipinski definition) is 3. The predicted molar refractivity (Wildman–Crippen MR) is 78.3 cm³/mol. The van der Waals surface area contributed by atoms with Crippen molar-refractivity contribution in [1.29, 1.82) is 0 Å². The second-order valence-corrected chi connectivity index (χ2v) is 4.71. The molecule has 0 fully saturated rings. The van der Waals surface area contributed by atoms with Gasteiger partial charge >= 0.3 is 6.03 Å². The van der Waals surface area contributed by atoms with Crippen molar-refractivity contribution >= 4 is 24.5 Å². The summed E-state index contributed by atoms with van der Waals surface area (Å²) in [6.45, 7) is 4.37. The molecular formula is C13H16N4OS. The Balaban J connectivity index is 2.34. The molecule has 2 aromatic rings. The number of benzene rings is 1. The number of anilines is 1. The van der Waals surface area contributed by atoms with Gasteiger partial charge in [0.15, 0.2) is 0 Å². The number of aryl methyl sites for hydroxylation is 1. The topological polar surface area (TPSA) is 64.2 Å². The van der Waals surface area contributed by atoms with Gasteiger partial charge in [0.05, 0.1) is 17.9 Å². The van der Waals surface area contributed by atoms with E-state index in [0.29, 0.717) is 12.2 Å². The zero-order valence-electron chi connectivity index (χ0n) is 10.9. The minimum atomic E-state index is -0.617. The van der Waals surface area contributed by atoms with Crippen LogP contribution in [0.5, 0.6) is 0 Å². The van der Waals surface area contributed by atoms with Crippen molar-refractivity contribution in [3.63, 3.8) is 0 Å². The summed E-state index contributed by atoms with van der Waals surface area (Å²) in [5, 5.41) is 4.43. The number of urea groups is 1. The lowest BCUT2D eigenvalue weighted by Crippen LogP contribution is -2.28. The van der Waals surface area contributed by atoms with Crippen LogP contribution in [0.25, 0.3) is 0 Å². The molecule has 2 amide bonds. The Kier molecular flexibility index (Phi) is 3.80. The molecule has 0 unspecified atom stereocenters. The molecule has 0 spiro atoms. The molecule has 2 rings (SSSR count). The van der Waals surface area contributed by atoms with Crippen LogP contribution in [0.3, 0.4) is 0 Å². The van der Waals surface area contributed by atoms with Gasteiger partial charge in [0.1, 0.15) is 5.69 Å². The molecule has 2 N–H and O–H groups in total. The fourth-order valence-electron chi connectivity index (χ4n) is 2.01. The standard InChI is InChI=1S/C13H16N4OS/c1-9-12(17(19)13(14)18)10(2)16(15-9)8-11-6-4-3-5-7-11/h3-7,19H,8H2,1-2H3,(H2,14,18). The third-order valence-corrected chi connectivity index (χ3v) is 3.34. The van der Waals surface area contributed by atoms with E-state index in [1.165, 1.54) is 0 Å². The summed E-state index contributed by atoms with van der Waals surface area (Å²) in [5.74, 6) is 0. The molecule has 19 heavy (non-hydrogen) atoms. The number of nitrogens with two attached hydrogens (primary N) is 1. The molecule has 0 aliphatic rings. The highest BCUT2D eigenvalue weighted by atomic mass is 32.1. The van der Waals surface area contributed by atoms with E-state index < -0.39 is 6.03 Å². The first-order chi connectivity index (χ1) is 9.00. The molecule has 0 saturated carbocycles. The van der Waals surface area contributed by atoms with Gasteiger partial charge in [-0.25, -0.2) is 9.10 Å². The lowest BCUT2D eigenvalue weighted by molar-refractivity contribution is 0.257. The molecule has 1 heterocycles. The Labute approximate surface area is 117 Å². The molecule has 5 nitrogen and oxygen atoms in total. The van der Waals surface area contributed by atoms with Gasteiger partial charge in [-0.3, -0.25) is 4.68 Å².